The van der Waals surface area contributed by atoms with Crippen molar-refractivity contribution in [1.82, 2.24) is 20.2 Å². The van der Waals surface area contributed by atoms with Gasteiger partial charge in [0.25, 0.3) is 5.89 Å². The predicted molar refractivity (Wildman–Crippen MR) is 94.0 cm³/mol. The Balaban J connectivity index is 2.27. The van der Waals surface area contributed by atoms with Crippen LogP contribution in [0.1, 0.15) is 12.7 Å². The number of hydrogen-bond donors (Lipinski definition) is 2. The smallest absolute Gasteiger partial charge is 0.259 e. The highest BCUT2D eigenvalue weighted by Crippen LogP contribution is 2.29. The molecule has 2 rings (SSSR count). The molecule has 0 fully saturated rings. The van der Waals surface area contributed by atoms with Gasteiger partial charge in [-0.05, 0) is 32.2 Å². The molecule has 1 aromatic heterocycles. The van der Waals surface area contributed by atoms with E-state index in [1.165, 1.54) is 25.3 Å². The van der Waals surface area contributed by atoms with Crippen molar-refractivity contribution in [2.75, 3.05) is 27.3 Å². The molecule has 0 aliphatic carbocycles. The first kappa shape index (κ1) is 19.8. The molecule has 138 valence electrons. The minimum absolute atomic E-state index is 0.0614. The van der Waals surface area contributed by atoms with Gasteiger partial charge in [0.1, 0.15) is 0 Å². The summed E-state index contributed by atoms with van der Waals surface area (Å²) in [6.45, 7) is 2.43. The van der Waals surface area contributed by atoms with Crippen molar-refractivity contribution < 1.29 is 17.7 Å². The molecule has 1 aromatic carbocycles. The molecule has 1 heterocycles. The lowest BCUT2D eigenvalue weighted by Crippen LogP contribution is -2.27. The molecule has 1 unspecified atom stereocenters. The zero-order valence-electron chi connectivity index (χ0n) is 14.2. The van der Waals surface area contributed by atoms with Crippen LogP contribution in [0.25, 0.3) is 11.5 Å². The quantitative estimate of drug-likeness (QED) is 0.626. The molecular formula is C15H21ClN4O4S. The topological polar surface area (TPSA) is 106 Å². The molecule has 0 saturated carbocycles. The summed E-state index contributed by atoms with van der Waals surface area (Å²) in [6.07, 6.45) is 0.578. The number of benzene rings is 1. The molecule has 0 bridgehead atoms. The fourth-order valence-electron chi connectivity index (χ4n) is 2.02. The molecule has 0 radical (unpaired) electrons. The van der Waals surface area contributed by atoms with E-state index in [-0.39, 0.29) is 30.0 Å². The van der Waals surface area contributed by atoms with E-state index in [0.717, 1.165) is 0 Å². The van der Waals surface area contributed by atoms with E-state index in [1.54, 1.807) is 0 Å². The van der Waals surface area contributed by atoms with E-state index in [9.17, 15) is 8.42 Å². The number of nitrogens with zero attached hydrogens (tertiary/aromatic N) is 2. The van der Waals surface area contributed by atoms with E-state index in [2.05, 4.69) is 20.2 Å². The van der Waals surface area contributed by atoms with E-state index >= 15 is 0 Å². The van der Waals surface area contributed by atoms with E-state index in [1.807, 2.05) is 14.0 Å². The largest absolute Gasteiger partial charge is 0.383 e. The van der Waals surface area contributed by atoms with Crippen LogP contribution in [0.15, 0.2) is 27.6 Å². The molecule has 0 spiro atoms. The first-order valence-electron chi connectivity index (χ1n) is 7.65. The van der Waals surface area contributed by atoms with Crippen molar-refractivity contribution >= 4 is 21.6 Å². The second-order valence-electron chi connectivity index (χ2n) is 5.44. The van der Waals surface area contributed by atoms with Crippen molar-refractivity contribution in [3.8, 4) is 11.5 Å². The fourth-order valence-corrected chi connectivity index (χ4v) is 3.26. The Hall–Kier alpha value is -1.52. The van der Waals surface area contributed by atoms with Crippen LogP contribution >= 0.6 is 11.6 Å². The van der Waals surface area contributed by atoms with Gasteiger partial charge >= 0.3 is 0 Å². The van der Waals surface area contributed by atoms with Gasteiger partial charge < -0.3 is 14.6 Å². The fraction of sp³-hybridized carbons (Fsp3) is 0.467. The average molecular weight is 389 g/mol. The van der Waals surface area contributed by atoms with Crippen LogP contribution in [-0.4, -0.2) is 51.9 Å². The first-order chi connectivity index (χ1) is 11.9. The Morgan fingerprint density at radius 3 is 2.84 bits per heavy atom. The van der Waals surface area contributed by atoms with Gasteiger partial charge in [0.2, 0.25) is 10.0 Å². The molecule has 8 nitrogen and oxygen atoms in total. The van der Waals surface area contributed by atoms with E-state index in [0.29, 0.717) is 22.8 Å². The third-order valence-corrected chi connectivity index (χ3v) is 5.31. The summed E-state index contributed by atoms with van der Waals surface area (Å²) in [6, 6.07) is 4.50. The molecule has 0 amide bonds. The third kappa shape index (κ3) is 5.23. The van der Waals surface area contributed by atoms with Crippen molar-refractivity contribution in [3.63, 3.8) is 0 Å². The number of aromatic nitrogens is 2. The number of halogens is 1. The second-order valence-corrected chi connectivity index (χ2v) is 7.62. The highest BCUT2D eigenvalue weighted by molar-refractivity contribution is 7.89. The van der Waals surface area contributed by atoms with Crippen LogP contribution < -0.4 is 10.0 Å². The third-order valence-electron chi connectivity index (χ3n) is 3.53. The minimum Gasteiger partial charge on any atom is -0.383 e. The van der Waals surface area contributed by atoms with Crippen LogP contribution in [0.4, 0.5) is 0 Å². The molecule has 2 N–H and O–H groups in total. The zero-order valence-corrected chi connectivity index (χ0v) is 15.8. The Morgan fingerprint density at radius 2 is 2.16 bits per heavy atom. The van der Waals surface area contributed by atoms with Gasteiger partial charge in [0, 0.05) is 26.1 Å². The van der Waals surface area contributed by atoms with Crippen molar-refractivity contribution in [2.24, 2.45) is 0 Å². The molecule has 0 saturated heterocycles. The summed E-state index contributed by atoms with van der Waals surface area (Å²) in [7, 11) is -0.347. The Labute approximate surface area is 152 Å². The lowest BCUT2D eigenvalue weighted by atomic mass is 10.2. The maximum atomic E-state index is 12.3. The van der Waals surface area contributed by atoms with Crippen molar-refractivity contribution in [3.05, 3.63) is 29.0 Å². The summed E-state index contributed by atoms with van der Waals surface area (Å²) in [5.41, 5.74) is 0.368. The molecular weight excluding hydrogens is 368 g/mol. The number of nitrogens with one attached hydrogen (secondary N) is 2. The van der Waals surface area contributed by atoms with Gasteiger partial charge in [-0.1, -0.05) is 16.8 Å². The van der Waals surface area contributed by atoms with Crippen LogP contribution in [0.2, 0.25) is 5.02 Å². The van der Waals surface area contributed by atoms with Crippen LogP contribution in [0.3, 0.4) is 0 Å². The second kappa shape index (κ2) is 8.72. The minimum atomic E-state index is -3.68. The molecule has 0 aliphatic rings. The predicted octanol–water partition coefficient (Wildman–Crippen LogP) is 1.47. The monoisotopic (exact) mass is 388 g/mol. The number of hydrogen-bond acceptors (Lipinski definition) is 7. The summed E-state index contributed by atoms with van der Waals surface area (Å²) in [5.74, 6) is 0.691. The first-order valence-corrected chi connectivity index (χ1v) is 9.52. The number of rotatable bonds is 9. The Bertz CT molecular complexity index is 810. The standard InChI is InChI=1S/C15H21ClN4O4S/c1-10(17-2)8-14-19-15(24-20-14)12-9-11(4-5-13(12)16)25(21,22)18-6-7-23-3/h4-5,9-10,17-18H,6-8H2,1-3H3. The lowest BCUT2D eigenvalue weighted by molar-refractivity contribution is 0.204. The summed E-state index contributed by atoms with van der Waals surface area (Å²) in [5, 5.41) is 7.32. The van der Waals surface area contributed by atoms with Crippen molar-refractivity contribution in [2.45, 2.75) is 24.3 Å². The summed E-state index contributed by atoms with van der Waals surface area (Å²) >= 11 is 6.17. The molecule has 25 heavy (non-hydrogen) atoms. The SMILES string of the molecule is CNC(C)Cc1noc(-c2cc(S(=O)(=O)NCCOC)ccc2Cl)n1. The highest BCUT2D eigenvalue weighted by atomic mass is 35.5. The van der Waals surface area contributed by atoms with Gasteiger partial charge in [-0.15, -0.1) is 0 Å². The Morgan fingerprint density at radius 1 is 1.40 bits per heavy atom. The number of methoxy groups -OCH3 is 1. The molecule has 10 heteroatoms. The van der Waals surface area contributed by atoms with Gasteiger partial charge in [-0.3, -0.25) is 0 Å². The number of sulfonamides is 1. The average Bonchev–Trinajstić information content (AvgIpc) is 3.03. The summed E-state index contributed by atoms with van der Waals surface area (Å²) in [4.78, 5) is 4.35. The van der Waals surface area contributed by atoms with Crippen molar-refractivity contribution in [1.29, 1.82) is 0 Å². The maximum absolute atomic E-state index is 12.3. The molecule has 2 aromatic rings. The number of likely N-dealkylation sites (N-methyl/N-ethyl adjacent to an activating group) is 1. The van der Waals surface area contributed by atoms with Gasteiger partial charge in [0.05, 0.1) is 22.1 Å². The van der Waals surface area contributed by atoms with Crippen LogP contribution in [0.5, 0.6) is 0 Å². The normalized spacial score (nSPS) is 13.1. The van der Waals surface area contributed by atoms with E-state index in [4.69, 9.17) is 20.9 Å². The van der Waals surface area contributed by atoms with Crippen LogP contribution in [-0.2, 0) is 21.2 Å². The van der Waals surface area contributed by atoms with Gasteiger partial charge in [0.15, 0.2) is 5.82 Å². The lowest BCUT2D eigenvalue weighted by Gasteiger charge is -2.08. The molecule has 1 atom stereocenters. The highest BCUT2D eigenvalue weighted by Gasteiger charge is 2.19. The van der Waals surface area contributed by atoms with Crippen LogP contribution in [0, 0.1) is 0 Å². The van der Waals surface area contributed by atoms with Gasteiger partial charge in [-0.25, -0.2) is 13.1 Å². The van der Waals surface area contributed by atoms with E-state index < -0.39 is 10.0 Å². The molecule has 0 aliphatic heterocycles. The summed E-state index contributed by atoms with van der Waals surface area (Å²) < 4.78 is 37.1. The Kier molecular flexibility index (Phi) is 6.91. The van der Waals surface area contributed by atoms with Gasteiger partial charge in [-0.2, -0.15) is 4.98 Å². The number of ether oxygens (including phenoxy) is 1. The zero-order chi connectivity index (χ0) is 18.4. The maximum Gasteiger partial charge on any atom is 0.259 e.